The molecule has 21 heteroatoms. The van der Waals surface area contributed by atoms with Gasteiger partial charge < -0.3 is 77.7 Å². The molecule has 1 amide bonds. The summed E-state index contributed by atoms with van der Waals surface area (Å²) in [6, 6.07) is -5.49. The van der Waals surface area contributed by atoms with Gasteiger partial charge in [-0.3, -0.25) is 9.59 Å². The van der Waals surface area contributed by atoms with Crippen molar-refractivity contribution in [3.05, 3.63) is 11.8 Å². The fraction of sp³-hybridized carbons (Fsp3) is 0.828. The molecular formula is C29H49F3N6O12. The molecule has 1 aliphatic carbocycles. The number of likely N-dealkylation sites (N-methyl/N-ethyl adjacent to an activating group) is 1. The summed E-state index contributed by atoms with van der Waals surface area (Å²) < 4.78 is 67.5. The fourth-order valence-corrected chi connectivity index (χ4v) is 5.91. The van der Waals surface area contributed by atoms with Crippen LogP contribution in [0.4, 0.5) is 18.0 Å². The molecule has 0 spiro atoms. The van der Waals surface area contributed by atoms with E-state index in [0.717, 1.165) is 6.08 Å². The predicted octanol–water partition coefficient (Wildman–Crippen LogP) is -3.53. The number of alkyl halides is 3. The quantitative estimate of drug-likeness (QED) is 0.0985. The second-order valence-electron chi connectivity index (χ2n) is 14.0. The normalized spacial score (nSPS) is 37.9. The summed E-state index contributed by atoms with van der Waals surface area (Å²) in [5, 5.41) is 48.5. The maximum atomic E-state index is 13.6. The summed E-state index contributed by atoms with van der Waals surface area (Å²) in [5.74, 6) is -4.39. The highest BCUT2D eigenvalue weighted by Gasteiger charge is 2.55. The third-order valence-corrected chi connectivity index (χ3v) is 8.55. The molecule has 2 heterocycles. The second-order valence-corrected chi connectivity index (χ2v) is 14.0. The molecule has 0 aromatic heterocycles. The minimum atomic E-state index is -5.37. The van der Waals surface area contributed by atoms with Crippen LogP contribution in [-0.4, -0.2) is 148 Å². The molecule has 1 unspecified atom stereocenters. The van der Waals surface area contributed by atoms with E-state index in [0.29, 0.717) is 0 Å². The largest absolute Gasteiger partial charge is 0.465 e. The molecule has 14 N–H and O–H groups in total. The number of aliphatic hydroxyl groups is 4. The molecule has 3 rings (SSSR count). The summed E-state index contributed by atoms with van der Waals surface area (Å²) in [4.78, 5) is 37.6. The minimum Gasteiger partial charge on any atom is -0.465 e. The van der Waals surface area contributed by atoms with Gasteiger partial charge in [-0.2, -0.15) is 13.2 Å². The molecule has 18 nitrogen and oxygen atoms in total. The van der Waals surface area contributed by atoms with E-state index >= 15 is 0 Å². The number of nitrogens with two attached hydrogens (primary N) is 4. The first kappa shape index (κ1) is 41.9. The molecule has 2 aliphatic heterocycles. The lowest BCUT2D eigenvalue weighted by molar-refractivity contribution is -0.304. The molecule has 0 bridgehead atoms. The first-order chi connectivity index (χ1) is 22.8. The Labute approximate surface area is 285 Å². The van der Waals surface area contributed by atoms with E-state index in [4.69, 9.17) is 46.6 Å². The number of nitrogens with one attached hydrogen (secondary N) is 2. The van der Waals surface area contributed by atoms with Crippen LogP contribution in [0.15, 0.2) is 11.8 Å². The van der Waals surface area contributed by atoms with Crippen LogP contribution in [0.1, 0.15) is 40.5 Å². The number of hydrogen-bond acceptors (Lipinski definition) is 17. The van der Waals surface area contributed by atoms with Crippen LogP contribution in [0.5, 0.6) is 0 Å². The van der Waals surface area contributed by atoms with Crippen molar-refractivity contribution in [2.24, 2.45) is 22.9 Å². The van der Waals surface area contributed by atoms with Crippen molar-refractivity contribution in [2.75, 3.05) is 20.2 Å². The number of ether oxygens (including phenoxy) is 5. The van der Waals surface area contributed by atoms with Crippen molar-refractivity contribution in [3.8, 4) is 0 Å². The third kappa shape index (κ3) is 9.46. The van der Waals surface area contributed by atoms with Gasteiger partial charge in [0, 0.05) is 18.5 Å². The van der Waals surface area contributed by atoms with Crippen LogP contribution < -0.4 is 33.6 Å². The Hall–Kier alpha value is -2.54. The maximum absolute atomic E-state index is 13.6. The average molecular weight is 731 g/mol. The van der Waals surface area contributed by atoms with Gasteiger partial charge in [-0.1, -0.05) is 0 Å². The molecule has 1 saturated heterocycles. The van der Waals surface area contributed by atoms with Gasteiger partial charge in [0.2, 0.25) is 6.29 Å². The van der Waals surface area contributed by atoms with Gasteiger partial charge in [-0.05, 0) is 47.2 Å². The van der Waals surface area contributed by atoms with Gasteiger partial charge in [0.25, 0.3) is 5.78 Å². The van der Waals surface area contributed by atoms with Crippen LogP contribution >= 0.6 is 0 Å². The Balaban J connectivity index is 1.90. The van der Waals surface area contributed by atoms with Crippen LogP contribution in [0.3, 0.4) is 0 Å². The Morgan fingerprint density at radius 1 is 1.10 bits per heavy atom. The minimum absolute atomic E-state index is 0.127. The zero-order valence-electron chi connectivity index (χ0n) is 28.3. The second kappa shape index (κ2) is 15.6. The molecule has 1 saturated carbocycles. The number of carbonyl (C=O) groups is 3. The van der Waals surface area contributed by atoms with Crippen molar-refractivity contribution >= 4 is 17.7 Å². The van der Waals surface area contributed by atoms with E-state index in [-0.39, 0.29) is 13.0 Å². The van der Waals surface area contributed by atoms with Crippen LogP contribution in [0.25, 0.3) is 0 Å². The number of aliphatic hydroxyl groups excluding tert-OH is 3. The lowest BCUT2D eigenvalue weighted by atomic mass is 9.82. The fourth-order valence-electron chi connectivity index (χ4n) is 5.91. The van der Waals surface area contributed by atoms with E-state index in [9.17, 15) is 48.0 Å². The molecule has 3 aliphatic rings. The Morgan fingerprint density at radius 3 is 2.22 bits per heavy atom. The van der Waals surface area contributed by atoms with Crippen LogP contribution in [-0.2, 0) is 33.3 Å². The molecule has 50 heavy (non-hydrogen) atoms. The molecule has 0 aromatic rings. The van der Waals surface area contributed by atoms with Crippen LogP contribution in [0, 0.1) is 0 Å². The number of Topliss-reactive ketones (excluding diaryl/α,β-unsaturated/α-hetero) is 2. The van der Waals surface area contributed by atoms with E-state index in [2.05, 4.69) is 10.6 Å². The van der Waals surface area contributed by atoms with Gasteiger partial charge in [0.05, 0.1) is 19.2 Å². The number of alkyl carbamates (subject to hydrolysis) is 1. The monoisotopic (exact) mass is 730 g/mol. The molecule has 13 atom stereocenters. The Bertz CT molecular complexity index is 1270. The summed E-state index contributed by atoms with van der Waals surface area (Å²) in [6.45, 7) is 5.13. The molecule has 0 radical (unpaired) electrons. The SMILES string of the molecule is CN[C@@H]1[C@@H](O)[C@@H](O[C@@H]2[C@@H](O)[C@H](O[C@H]3OC(C(N)C(=O)C(F)(F)F)=CC[C@]3(N)C(=O)[C@@H](O)CNC(=O)OC(C)(C)C)[C@@H](N)C[C@H]2N)OC[C@]1(C)O. The van der Waals surface area contributed by atoms with Crippen molar-refractivity contribution in [1.82, 2.24) is 10.6 Å². The predicted molar refractivity (Wildman–Crippen MR) is 164 cm³/mol. The zero-order chi connectivity index (χ0) is 38.1. The van der Waals surface area contributed by atoms with Crippen molar-refractivity contribution < 1.29 is 71.7 Å². The Kier molecular flexibility index (Phi) is 13.1. The van der Waals surface area contributed by atoms with E-state index in [1.54, 1.807) is 20.8 Å². The zero-order valence-corrected chi connectivity index (χ0v) is 28.3. The lowest BCUT2D eigenvalue weighted by Gasteiger charge is -2.49. The number of halogens is 3. The highest BCUT2D eigenvalue weighted by atomic mass is 19.4. The van der Waals surface area contributed by atoms with E-state index < -0.39 is 127 Å². The molecule has 2 fully saturated rings. The number of hydrogen-bond donors (Lipinski definition) is 10. The van der Waals surface area contributed by atoms with Crippen LogP contribution in [0.2, 0.25) is 0 Å². The smallest absolute Gasteiger partial charge is 0.452 e. The number of ketones is 2. The lowest BCUT2D eigenvalue weighted by Crippen LogP contribution is -2.70. The van der Waals surface area contributed by atoms with Crippen molar-refractivity contribution in [1.29, 1.82) is 0 Å². The van der Waals surface area contributed by atoms with Gasteiger partial charge in [0.15, 0.2) is 12.1 Å². The molecule has 0 aromatic carbocycles. The molecule has 288 valence electrons. The summed E-state index contributed by atoms with van der Waals surface area (Å²) in [5.41, 5.74) is 19.6. The first-order valence-electron chi connectivity index (χ1n) is 15.7. The maximum Gasteiger partial charge on any atom is 0.452 e. The van der Waals surface area contributed by atoms with E-state index in [1.807, 2.05) is 0 Å². The average Bonchev–Trinajstić information content (AvgIpc) is 2.99. The summed E-state index contributed by atoms with van der Waals surface area (Å²) in [7, 11) is 1.49. The highest BCUT2D eigenvalue weighted by molar-refractivity contribution is 5.94. The number of amides is 1. The first-order valence-corrected chi connectivity index (χ1v) is 15.7. The van der Waals surface area contributed by atoms with E-state index in [1.165, 1.54) is 14.0 Å². The number of rotatable bonds is 11. The Morgan fingerprint density at radius 2 is 1.68 bits per heavy atom. The van der Waals surface area contributed by atoms with Gasteiger partial charge in [-0.15, -0.1) is 0 Å². The van der Waals surface area contributed by atoms with Crippen molar-refractivity contribution in [2.45, 2.75) is 131 Å². The van der Waals surface area contributed by atoms with Gasteiger partial charge in [-0.25, -0.2) is 4.79 Å². The van der Waals surface area contributed by atoms with Gasteiger partial charge in [0.1, 0.15) is 59.1 Å². The third-order valence-electron chi connectivity index (χ3n) is 8.55. The summed E-state index contributed by atoms with van der Waals surface area (Å²) in [6.07, 6.45) is -18.2. The molecular weight excluding hydrogens is 681 g/mol. The highest BCUT2D eigenvalue weighted by Crippen LogP contribution is 2.35. The van der Waals surface area contributed by atoms with Crippen molar-refractivity contribution in [3.63, 3.8) is 0 Å². The van der Waals surface area contributed by atoms with Gasteiger partial charge >= 0.3 is 12.3 Å². The topological polar surface area (TPSA) is 306 Å². The standard InChI is InChI=1S/C29H49F3N6O12/c1-26(2,3)50-25(44)38-9-13(39)21(42)28(36)7-6-14(15(35)22(43)29(30,31)32)47-24(28)49-19-12(34)8-11(33)18(16(19)40)48-23-17(41)20(37-5)27(4,45)10-46-23/h6,11-13,15-20,23-24,37,39-41,45H,7-10,33-36H2,1-5H3,(H,38,44)/t11-,12+,13+,15?,16-,17-,18+,19-,20-,23-,24-,27+,28+/m1/s1. The number of carbonyl (C=O) groups excluding carboxylic acids is 3. The summed E-state index contributed by atoms with van der Waals surface area (Å²) >= 11 is 0.